The van der Waals surface area contributed by atoms with E-state index in [9.17, 15) is 9.59 Å². The molecule has 2 aliphatic rings. The quantitative estimate of drug-likeness (QED) is 0.129. The molecule has 1 radical (unpaired) electrons. The molecule has 0 saturated heterocycles. The summed E-state index contributed by atoms with van der Waals surface area (Å²) in [6, 6.07) is 15.9. The summed E-state index contributed by atoms with van der Waals surface area (Å²) < 4.78 is 2.24. The summed E-state index contributed by atoms with van der Waals surface area (Å²) in [5, 5.41) is 1.53. The van der Waals surface area contributed by atoms with Gasteiger partial charge >= 0.3 is 0 Å². The molecule has 39 heavy (non-hydrogen) atoms. The number of aromatic nitrogens is 2. The smallest absolute Gasteiger partial charge is 0.202 e. The number of carbonyl (C=O) groups excluding carboxylic acids is 2. The maximum atomic E-state index is 11.5. The van der Waals surface area contributed by atoms with E-state index in [0.717, 1.165) is 30.7 Å². The van der Waals surface area contributed by atoms with Gasteiger partial charge in [-0.1, -0.05) is 71.2 Å². The molecule has 0 unspecified atom stereocenters. The van der Waals surface area contributed by atoms with E-state index in [1.807, 2.05) is 60.7 Å². The van der Waals surface area contributed by atoms with Crippen LogP contribution in [0.5, 0.6) is 0 Å². The third-order valence-corrected chi connectivity index (χ3v) is 7.14. The standard InChI is InChI=1S/2C14H11N3OS.Cu/c2*18-12-7-3-1-5-10(12)9-15-17-14-16-11-6-2-4-8-13(11)19-14;/h2*1-9,15H,(H,16,17);/b2*10-9-;. The number of para-hydroxylation sites is 2. The Balaban J connectivity index is 0.000000176. The van der Waals surface area contributed by atoms with Crippen molar-refractivity contribution in [3.63, 3.8) is 0 Å². The van der Waals surface area contributed by atoms with Gasteiger partial charge in [0, 0.05) is 40.6 Å². The molecule has 199 valence electrons. The maximum absolute atomic E-state index is 11.5. The van der Waals surface area contributed by atoms with Crippen LogP contribution in [0.3, 0.4) is 0 Å². The van der Waals surface area contributed by atoms with E-state index in [4.69, 9.17) is 0 Å². The van der Waals surface area contributed by atoms with Gasteiger partial charge in [0.2, 0.25) is 10.3 Å². The molecule has 2 aromatic heterocycles. The zero-order chi connectivity index (χ0) is 26.2. The van der Waals surface area contributed by atoms with Crippen LogP contribution >= 0.6 is 22.7 Å². The number of rotatable bonds is 6. The first-order valence-electron chi connectivity index (χ1n) is 11.6. The van der Waals surface area contributed by atoms with E-state index in [0.29, 0.717) is 11.1 Å². The molecule has 0 fully saturated rings. The minimum Gasteiger partial charge on any atom is -0.306 e. The van der Waals surface area contributed by atoms with E-state index >= 15 is 0 Å². The Labute approximate surface area is 243 Å². The fraction of sp³-hybridized carbons (Fsp3) is 0. The fourth-order valence-electron chi connectivity index (χ4n) is 3.40. The van der Waals surface area contributed by atoms with Crippen molar-refractivity contribution in [1.82, 2.24) is 20.8 Å². The van der Waals surface area contributed by atoms with E-state index < -0.39 is 0 Å². The van der Waals surface area contributed by atoms with Crippen LogP contribution in [0, 0.1) is 0 Å². The molecule has 11 heteroatoms. The molecule has 4 N–H and O–H groups in total. The van der Waals surface area contributed by atoms with E-state index in [2.05, 4.69) is 31.7 Å². The first kappa shape index (κ1) is 27.7. The first-order valence-corrected chi connectivity index (χ1v) is 13.2. The summed E-state index contributed by atoms with van der Waals surface area (Å²) >= 11 is 3.11. The van der Waals surface area contributed by atoms with Crippen LogP contribution in [0.4, 0.5) is 10.3 Å². The van der Waals surface area contributed by atoms with Crippen molar-refractivity contribution >= 4 is 64.9 Å². The number of nitrogens with one attached hydrogen (secondary N) is 4. The van der Waals surface area contributed by atoms with Gasteiger partial charge in [0.15, 0.2) is 11.6 Å². The molecule has 0 atom stereocenters. The number of allylic oxidation sites excluding steroid dienone is 10. The molecule has 2 aromatic carbocycles. The Morgan fingerprint density at radius 1 is 0.590 bits per heavy atom. The van der Waals surface area contributed by atoms with Crippen molar-refractivity contribution in [2.24, 2.45) is 0 Å². The Hall–Kier alpha value is -4.28. The minimum atomic E-state index is -0.0129. The second-order valence-corrected chi connectivity index (χ2v) is 9.94. The number of nitrogens with zero attached hydrogens (tertiary/aromatic N) is 2. The van der Waals surface area contributed by atoms with Crippen molar-refractivity contribution in [3.8, 4) is 0 Å². The maximum Gasteiger partial charge on any atom is 0.202 e. The number of anilines is 2. The molecule has 8 nitrogen and oxygen atoms in total. The summed E-state index contributed by atoms with van der Waals surface area (Å²) in [6.45, 7) is 0. The third-order valence-electron chi connectivity index (χ3n) is 5.24. The summed E-state index contributed by atoms with van der Waals surface area (Å²) in [7, 11) is 0. The topological polar surface area (TPSA) is 108 Å². The van der Waals surface area contributed by atoms with Gasteiger partial charge in [-0.2, -0.15) is 0 Å². The molecule has 0 spiro atoms. The number of ketones is 2. The van der Waals surface area contributed by atoms with Crippen molar-refractivity contribution in [2.75, 3.05) is 10.9 Å². The molecule has 4 aromatic rings. The van der Waals surface area contributed by atoms with Crippen LogP contribution in [-0.4, -0.2) is 21.5 Å². The van der Waals surface area contributed by atoms with Crippen molar-refractivity contribution in [3.05, 3.63) is 121 Å². The van der Waals surface area contributed by atoms with Crippen molar-refractivity contribution in [2.45, 2.75) is 0 Å². The number of hydrazine groups is 2. The number of carbonyl (C=O) groups is 2. The van der Waals surface area contributed by atoms with E-state index in [1.165, 1.54) is 12.2 Å². The van der Waals surface area contributed by atoms with Gasteiger partial charge in [-0.25, -0.2) is 9.97 Å². The van der Waals surface area contributed by atoms with Gasteiger partial charge in [-0.3, -0.25) is 20.4 Å². The zero-order valence-electron chi connectivity index (χ0n) is 20.2. The number of benzene rings is 2. The molecule has 0 bridgehead atoms. The van der Waals surface area contributed by atoms with Gasteiger partial charge in [-0.05, 0) is 48.6 Å². The SMILES string of the molecule is O=C1C=CC=C/C1=C/NNc1nc2ccccc2s1.O=C1C=CC=C/C1=C/NNc1nc2ccccc2s1.[Cu]. The Kier molecular flexibility index (Phi) is 9.60. The largest absolute Gasteiger partial charge is 0.306 e. The molecule has 0 aliphatic heterocycles. The van der Waals surface area contributed by atoms with Crippen molar-refractivity contribution < 1.29 is 26.7 Å². The summed E-state index contributed by atoms with van der Waals surface area (Å²) in [5.74, 6) is -0.0257. The van der Waals surface area contributed by atoms with Crippen LogP contribution in [0.15, 0.2) is 121 Å². The first-order chi connectivity index (χ1) is 18.7. The Bertz CT molecular complexity index is 1490. The Morgan fingerprint density at radius 2 is 1.00 bits per heavy atom. The second kappa shape index (κ2) is 13.5. The van der Waals surface area contributed by atoms with Crippen LogP contribution in [0.1, 0.15) is 0 Å². The monoisotopic (exact) mass is 601 g/mol. The van der Waals surface area contributed by atoms with E-state index in [1.54, 1.807) is 59.4 Å². The summed E-state index contributed by atoms with van der Waals surface area (Å²) in [4.78, 5) is 31.8. The van der Waals surface area contributed by atoms with Crippen LogP contribution in [0.25, 0.3) is 20.4 Å². The predicted octanol–water partition coefficient (Wildman–Crippen LogP) is 5.58. The van der Waals surface area contributed by atoms with Crippen LogP contribution < -0.4 is 21.7 Å². The Morgan fingerprint density at radius 3 is 1.41 bits per heavy atom. The predicted molar refractivity (Wildman–Crippen MR) is 155 cm³/mol. The average molecular weight is 602 g/mol. The molecule has 2 heterocycles. The number of thiazole rings is 2. The summed E-state index contributed by atoms with van der Waals surface area (Å²) in [6.07, 6.45) is 16.9. The van der Waals surface area contributed by atoms with Crippen molar-refractivity contribution in [1.29, 1.82) is 0 Å². The van der Waals surface area contributed by atoms with Crippen LogP contribution in [0.2, 0.25) is 0 Å². The van der Waals surface area contributed by atoms with Crippen LogP contribution in [-0.2, 0) is 26.7 Å². The van der Waals surface area contributed by atoms with Gasteiger partial charge in [0.05, 0.1) is 20.4 Å². The molecule has 6 rings (SSSR count). The van der Waals surface area contributed by atoms with E-state index in [-0.39, 0.29) is 28.6 Å². The van der Waals surface area contributed by atoms with Gasteiger partial charge < -0.3 is 10.9 Å². The average Bonchev–Trinajstić information content (AvgIpc) is 3.55. The number of fused-ring (bicyclic) bond motifs is 2. The van der Waals surface area contributed by atoms with Gasteiger partial charge in [-0.15, -0.1) is 0 Å². The minimum absolute atomic E-state index is 0. The molecular formula is C28H22CuN6O2S2. The molecule has 0 amide bonds. The second-order valence-electron chi connectivity index (χ2n) is 7.88. The molecule has 2 aliphatic carbocycles. The molecule has 0 saturated carbocycles. The third kappa shape index (κ3) is 7.40. The van der Waals surface area contributed by atoms with Gasteiger partial charge in [0.1, 0.15) is 0 Å². The normalized spacial score (nSPS) is 15.8. The zero-order valence-corrected chi connectivity index (χ0v) is 22.8. The number of hydrogen-bond donors (Lipinski definition) is 4. The molecular weight excluding hydrogens is 580 g/mol. The number of hydrogen-bond acceptors (Lipinski definition) is 10. The fourth-order valence-corrected chi connectivity index (χ4v) is 5.06. The van der Waals surface area contributed by atoms with Gasteiger partial charge in [0.25, 0.3) is 0 Å². The summed E-state index contributed by atoms with van der Waals surface area (Å²) in [5.41, 5.74) is 14.9.